The van der Waals surface area contributed by atoms with Crippen LogP contribution in [0.15, 0.2) is 18.2 Å². The number of carbonyl (C=O) groups is 1. The fourth-order valence-electron chi connectivity index (χ4n) is 2.67. The maximum atomic E-state index is 13.1. The number of methoxy groups -OCH3 is 1. The van der Waals surface area contributed by atoms with Crippen molar-refractivity contribution >= 4 is 24.7 Å². The molecular weight excluding hydrogens is 371 g/mol. The molecule has 4 nitrogen and oxygen atoms in total. The van der Waals surface area contributed by atoms with Gasteiger partial charge in [-0.05, 0) is 51.5 Å². The maximum Gasteiger partial charge on any atom is 0.466 e. The van der Waals surface area contributed by atoms with Crippen LogP contribution >= 0.6 is 11.6 Å². The number of ether oxygens (including phenoxy) is 1. The van der Waals surface area contributed by atoms with Gasteiger partial charge in [-0.1, -0.05) is 11.6 Å². The second kappa shape index (κ2) is 7.05. The Morgan fingerprint density at radius 1 is 1.23 bits per heavy atom. The number of carbonyl (C=O) groups excluding carboxylic acids is 1. The molecule has 0 saturated carbocycles. The molecule has 0 N–H and O–H groups in total. The molecule has 1 fully saturated rings. The smallest absolute Gasteiger partial charge is 0.466 e. The summed E-state index contributed by atoms with van der Waals surface area (Å²) in [6.45, 7) is 7.26. The number of rotatable bonds is 4. The lowest BCUT2D eigenvalue weighted by molar-refractivity contribution is -0.140. The summed E-state index contributed by atoms with van der Waals surface area (Å²) >= 11 is 6.16. The Labute approximate surface area is 156 Å². The molecule has 0 amide bonds. The summed E-state index contributed by atoms with van der Waals surface area (Å²) in [5.41, 5.74) is -2.14. The van der Waals surface area contributed by atoms with Gasteiger partial charge in [-0.2, -0.15) is 13.2 Å². The van der Waals surface area contributed by atoms with Crippen LogP contribution in [0, 0.1) is 0 Å². The molecule has 0 bridgehead atoms. The van der Waals surface area contributed by atoms with E-state index in [-0.39, 0.29) is 17.0 Å². The van der Waals surface area contributed by atoms with E-state index in [1.165, 1.54) is 7.11 Å². The average molecular weight is 393 g/mol. The molecule has 1 atom stereocenters. The van der Waals surface area contributed by atoms with E-state index in [4.69, 9.17) is 20.9 Å². The molecule has 144 valence electrons. The fourth-order valence-corrected chi connectivity index (χ4v) is 2.93. The third kappa shape index (κ3) is 4.18. The molecule has 9 heteroatoms. The Kier molecular flexibility index (Phi) is 5.71. The normalized spacial score (nSPS) is 20.1. The fraction of sp³-hybridized carbons (Fsp3) is 0.588. The number of benzene rings is 1. The van der Waals surface area contributed by atoms with Crippen LogP contribution in [0.4, 0.5) is 13.2 Å². The summed E-state index contributed by atoms with van der Waals surface area (Å²) in [4.78, 5) is 11.9. The molecule has 1 heterocycles. The standard InChI is InChI=1S/C17H21BClF3O4/c1-15(2)16(3,4)26-18(25-15)12(9-14(23)24-5)11-8-10(17(20,21)22)6-7-13(11)19/h6-8,12H,9H2,1-5H3. The molecule has 26 heavy (non-hydrogen) atoms. The van der Waals surface area contributed by atoms with E-state index >= 15 is 0 Å². The molecule has 0 aromatic heterocycles. The molecule has 0 aliphatic carbocycles. The Balaban J connectivity index is 2.48. The van der Waals surface area contributed by atoms with Gasteiger partial charge in [0.15, 0.2) is 0 Å². The summed E-state index contributed by atoms with van der Waals surface area (Å²) in [6, 6.07) is 2.99. The lowest BCUT2D eigenvalue weighted by atomic mass is 9.66. The Morgan fingerprint density at radius 2 is 1.77 bits per heavy atom. The number of hydrogen-bond donors (Lipinski definition) is 0. The highest BCUT2D eigenvalue weighted by molar-refractivity contribution is 6.48. The van der Waals surface area contributed by atoms with Crippen molar-refractivity contribution in [1.82, 2.24) is 0 Å². The van der Waals surface area contributed by atoms with Crippen LogP contribution < -0.4 is 0 Å². The first-order valence-electron chi connectivity index (χ1n) is 8.07. The highest BCUT2D eigenvalue weighted by Gasteiger charge is 2.54. The van der Waals surface area contributed by atoms with Gasteiger partial charge in [-0.3, -0.25) is 4.79 Å². The van der Waals surface area contributed by atoms with Crippen LogP contribution in [0.3, 0.4) is 0 Å². The van der Waals surface area contributed by atoms with Gasteiger partial charge in [0.05, 0.1) is 30.3 Å². The Hall–Kier alpha value is -1.25. The Morgan fingerprint density at radius 3 is 2.23 bits per heavy atom. The largest absolute Gasteiger partial charge is 0.469 e. The summed E-state index contributed by atoms with van der Waals surface area (Å²) in [6.07, 6.45) is -4.76. The molecule has 2 rings (SSSR count). The second-order valence-corrected chi connectivity index (χ2v) is 7.65. The molecule has 1 unspecified atom stereocenters. The summed E-state index contributed by atoms with van der Waals surface area (Å²) in [5, 5.41) is 0.0987. The van der Waals surface area contributed by atoms with E-state index in [0.717, 1.165) is 18.2 Å². The van der Waals surface area contributed by atoms with E-state index in [1.54, 1.807) is 0 Å². The predicted octanol–water partition coefficient (Wildman–Crippen LogP) is 4.64. The van der Waals surface area contributed by atoms with Crippen molar-refractivity contribution in [3.8, 4) is 0 Å². The van der Waals surface area contributed by atoms with Gasteiger partial charge < -0.3 is 14.0 Å². The third-order valence-electron chi connectivity index (χ3n) is 4.94. The van der Waals surface area contributed by atoms with Gasteiger partial charge in [0.25, 0.3) is 0 Å². The van der Waals surface area contributed by atoms with E-state index in [1.807, 2.05) is 27.7 Å². The number of halogens is 4. The molecule has 1 saturated heterocycles. The number of hydrogen-bond acceptors (Lipinski definition) is 4. The van der Waals surface area contributed by atoms with Gasteiger partial charge >= 0.3 is 19.3 Å². The summed E-state index contributed by atoms with van der Waals surface area (Å²) in [7, 11) is 0.261. The molecular formula is C17H21BClF3O4. The minimum absolute atomic E-state index is 0.0987. The van der Waals surface area contributed by atoms with Crippen LogP contribution in [0.25, 0.3) is 0 Å². The first-order chi connectivity index (χ1) is 11.8. The highest BCUT2D eigenvalue weighted by atomic mass is 35.5. The molecule has 1 aromatic carbocycles. The quantitative estimate of drug-likeness (QED) is 0.553. The Bertz CT molecular complexity index is 675. The first kappa shape index (κ1) is 21.1. The van der Waals surface area contributed by atoms with Gasteiger partial charge in [0.2, 0.25) is 0 Å². The number of alkyl halides is 3. The summed E-state index contributed by atoms with van der Waals surface area (Å²) < 4.78 is 55.9. The molecule has 1 aromatic rings. The van der Waals surface area contributed by atoms with Gasteiger partial charge in [-0.15, -0.1) is 0 Å². The van der Waals surface area contributed by atoms with Crippen LogP contribution in [0.2, 0.25) is 5.02 Å². The lowest BCUT2D eigenvalue weighted by Crippen LogP contribution is -2.41. The SMILES string of the molecule is COC(=O)CC(B1OC(C)(C)C(C)(C)O1)c1cc(C(F)(F)F)ccc1Cl. The van der Waals surface area contributed by atoms with Crippen molar-refractivity contribution in [2.24, 2.45) is 0 Å². The van der Waals surface area contributed by atoms with Gasteiger partial charge in [0, 0.05) is 10.8 Å². The van der Waals surface area contributed by atoms with Crippen molar-refractivity contribution in [2.45, 2.75) is 57.3 Å². The van der Waals surface area contributed by atoms with Crippen LogP contribution in [0.1, 0.15) is 51.1 Å². The van der Waals surface area contributed by atoms with Crippen LogP contribution in [0.5, 0.6) is 0 Å². The van der Waals surface area contributed by atoms with E-state index in [0.29, 0.717) is 0 Å². The van der Waals surface area contributed by atoms with Crippen LogP contribution in [-0.2, 0) is 25.0 Å². The van der Waals surface area contributed by atoms with Gasteiger partial charge in [0.1, 0.15) is 0 Å². The molecule has 1 aliphatic rings. The first-order valence-corrected chi connectivity index (χ1v) is 8.45. The van der Waals surface area contributed by atoms with Crippen LogP contribution in [-0.4, -0.2) is 31.4 Å². The third-order valence-corrected chi connectivity index (χ3v) is 5.28. The van der Waals surface area contributed by atoms with Crippen molar-refractivity contribution < 1.29 is 32.0 Å². The van der Waals surface area contributed by atoms with Crippen molar-refractivity contribution in [1.29, 1.82) is 0 Å². The van der Waals surface area contributed by atoms with E-state index < -0.39 is 41.8 Å². The molecule has 1 aliphatic heterocycles. The average Bonchev–Trinajstić information content (AvgIpc) is 2.72. The van der Waals surface area contributed by atoms with E-state index in [9.17, 15) is 18.0 Å². The van der Waals surface area contributed by atoms with Crippen molar-refractivity contribution in [2.75, 3.05) is 7.11 Å². The van der Waals surface area contributed by atoms with Gasteiger partial charge in [-0.25, -0.2) is 0 Å². The minimum Gasteiger partial charge on any atom is -0.469 e. The molecule has 0 radical (unpaired) electrons. The lowest BCUT2D eigenvalue weighted by Gasteiger charge is -2.32. The predicted molar refractivity (Wildman–Crippen MR) is 91.9 cm³/mol. The summed E-state index contributed by atoms with van der Waals surface area (Å²) in [5.74, 6) is -1.45. The zero-order valence-corrected chi connectivity index (χ0v) is 16.0. The minimum atomic E-state index is -4.54. The monoisotopic (exact) mass is 392 g/mol. The zero-order valence-electron chi connectivity index (χ0n) is 15.2. The topological polar surface area (TPSA) is 44.8 Å². The maximum absolute atomic E-state index is 13.1. The van der Waals surface area contributed by atoms with Crippen molar-refractivity contribution in [3.05, 3.63) is 34.3 Å². The number of esters is 1. The van der Waals surface area contributed by atoms with E-state index in [2.05, 4.69) is 4.74 Å². The second-order valence-electron chi connectivity index (χ2n) is 7.25. The molecule has 0 spiro atoms. The van der Waals surface area contributed by atoms with Crippen molar-refractivity contribution in [3.63, 3.8) is 0 Å². The highest BCUT2D eigenvalue weighted by Crippen LogP contribution is 2.44. The zero-order chi connectivity index (χ0) is 19.9.